The predicted molar refractivity (Wildman–Crippen MR) is 126 cm³/mol. The van der Waals surface area contributed by atoms with Crippen molar-refractivity contribution < 1.29 is 0 Å². The number of unbranched alkanes of at least 4 members (excludes halogenated alkanes) is 3. The molecular formula is C29H38. The van der Waals surface area contributed by atoms with Crippen LogP contribution in [0.5, 0.6) is 0 Å². The molecule has 2 aromatic carbocycles. The normalized spacial score (nSPS) is 18.8. The molecule has 0 radical (unpaired) electrons. The SMILES string of the molecule is CCCCCCc1ccc([C@H]2CC[C@H](C#Cc3ccc(CCC)cc3)CC2)cc1. The first kappa shape index (κ1) is 21.7. The van der Waals surface area contributed by atoms with Crippen molar-refractivity contribution in [1.82, 2.24) is 0 Å². The van der Waals surface area contributed by atoms with Gasteiger partial charge in [-0.2, -0.15) is 0 Å². The van der Waals surface area contributed by atoms with E-state index >= 15 is 0 Å². The van der Waals surface area contributed by atoms with Crippen LogP contribution in [0.2, 0.25) is 0 Å². The van der Waals surface area contributed by atoms with Crippen LogP contribution in [-0.4, -0.2) is 0 Å². The highest BCUT2D eigenvalue weighted by Gasteiger charge is 2.21. The highest BCUT2D eigenvalue weighted by Crippen LogP contribution is 2.35. The molecule has 2 aromatic rings. The Balaban J connectivity index is 1.45. The molecule has 0 atom stereocenters. The van der Waals surface area contributed by atoms with Crippen LogP contribution in [0.4, 0.5) is 0 Å². The van der Waals surface area contributed by atoms with Gasteiger partial charge in [-0.25, -0.2) is 0 Å². The maximum absolute atomic E-state index is 3.55. The van der Waals surface area contributed by atoms with Gasteiger partial charge in [-0.3, -0.25) is 0 Å². The highest BCUT2D eigenvalue weighted by molar-refractivity contribution is 5.37. The van der Waals surface area contributed by atoms with E-state index in [1.165, 1.54) is 80.9 Å². The van der Waals surface area contributed by atoms with Gasteiger partial charge in [-0.05, 0) is 79.7 Å². The Morgan fingerprint density at radius 3 is 2.00 bits per heavy atom. The molecule has 0 unspecified atom stereocenters. The summed E-state index contributed by atoms with van der Waals surface area (Å²) in [5.74, 6) is 8.28. The van der Waals surface area contributed by atoms with Crippen molar-refractivity contribution in [3.63, 3.8) is 0 Å². The molecule has 0 bridgehead atoms. The molecule has 29 heavy (non-hydrogen) atoms. The maximum atomic E-state index is 3.55. The van der Waals surface area contributed by atoms with Crippen LogP contribution >= 0.6 is 0 Å². The zero-order chi connectivity index (χ0) is 20.3. The second-order valence-corrected chi connectivity index (χ2v) is 8.82. The molecule has 0 nitrogen and oxygen atoms in total. The Morgan fingerprint density at radius 1 is 0.690 bits per heavy atom. The van der Waals surface area contributed by atoms with E-state index in [0.717, 1.165) is 12.3 Å². The van der Waals surface area contributed by atoms with Crippen LogP contribution in [-0.2, 0) is 12.8 Å². The fraction of sp³-hybridized carbons (Fsp3) is 0.517. The Hall–Kier alpha value is -2.00. The Labute approximate surface area is 179 Å². The second kappa shape index (κ2) is 11.9. The molecule has 1 saturated carbocycles. The van der Waals surface area contributed by atoms with Crippen LogP contribution in [0.25, 0.3) is 0 Å². The standard InChI is InChI=1S/C29H38/c1-3-5-6-7-9-25-16-20-28(21-17-25)29-22-18-27(19-23-29)15-14-26-12-10-24(8-4-2)11-13-26/h10-13,16-17,20-21,27,29H,3-9,18-19,22-23H2,1-2H3/t27-,29-. The lowest BCUT2D eigenvalue weighted by Gasteiger charge is -2.26. The van der Waals surface area contributed by atoms with E-state index in [9.17, 15) is 0 Å². The third-order valence-corrected chi connectivity index (χ3v) is 6.41. The minimum Gasteiger partial charge on any atom is -0.0945 e. The van der Waals surface area contributed by atoms with Crippen LogP contribution in [0.3, 0.4) is 0 Å². The van der Waals surface area contributed by atoms with Crippen molar-refractivity contribution in [3.05, 3.63) is 70.8 Å². The summed E-state index contributed by atoms with van der Waals surface area (Å²) in [6.07, 6.45) is 14.0. The average Bonchev–Trinajstić information content (AvgIpc) is 2.77. The summed E-state index contributed by atoms with van der Waals surface area (Å²) in [5, 5.41) is 0. The molecule has 0 heteroatoms. The Bertz CT molecular complexity index is 762. The molecular weight excluding hydrogens is 348 g/mol. The topological polar surface area (TPSA) is 0 Å². The van der Waals surface area contributed by atoms with E-state index in [2.05, 4.69) is 74.2 Å². The minimum absolute atomic E-state index is 0.569. The molecule has 154 valence electrons. The van der Waals surface area contributed by atoms with Gasteiger partial charge in [-0.15, -0.1) is 0 Å². The molecule has 0 N–H and O–H groups in total. The third-order valence-electron chi connectivity index (χ3n) is 6.41. The minimum atomic E-state index is 0.569. The fourth-order valence-corrected chi connectivity index (χ4v) is 4.51. The van der Waals surface area contributed by atoms with Crippen molar-refractivity contribution in [1.29, 1.82) is 0 Å². The van der Waals surface area contributed by atoms with E-state index in [-0.39, 0.29) is 0 Å². The second-order valence-electron chi connectivity index (χ2n) is 8.82. The summed E-state index contributed by atoms with van der Waals surface area (Å²) in [6.45, 7) is 4.51. The summed E-state index contributed by atoms with van der Waals surface area (Å²) in [4.78, 5) is 0. The number of hydrogen-bond acceptors (Lipinski definition) is 0. The van der Waals surface area contributed by atoms with Crippen molar-refractivity contribution >= 4 is 0 Å². The zero-order valence-electron chi connectivity index (χ0n) is 18.6. The van der Waals surface area contributed by atoms with Gasteiger partial charge in [-0.1, -0.05) is 87.8 Å². The van der Waals surface area contributed by atoms with E-state index in [4.69, 9.17) is 0 Å². The van der Waals surface area contributed by atoms with Gasteiger partial charge in [0.2, 0.25) is 0 Å². The highest BCUT2D eigenvalue weighted by atomic mass is 14.2. The van der Waals surface area contributed by atoms with Gasteiger partial charge in [0.25, 0.3) is 0 Å². The van der Waals surface area contributed by atoms with Gasteiger partial charge in [0.05, 0.1) is 0 Å². The Kier molecular flexibility index (Phi) is 8.88. The van der Waals surface area contributed by atoms with Crippen molar-refractivity contribution in [3.8, 4) is 11.8 Å². The zero-order valence-corrected chi connectivity index (χ0v) is 18.6. The van der Waals surface area contributed by atoms with Crippen molar-refractivity contribution in [2.45, 2.75) is 90.4 Å². The molecule has 1 fully saturated rings. The van der Waals surface area contributed by atoms with Gasteiger partial charge in [0.15, 0.2) is 0 Å². The number of benzene rings is 2. The molecule has 0 saturated heterocycles. The molecule has 1 aliphatic rings. The van der Waals surface area contributed by atoms with Gasteiger partial charge < -0.3 is 0 Å². The first-order valence-corrected chi connectivity index (χ1v) is 12.0. The molecule has 0 aromatic heterocycles. The smallest absolute Gasteiger partial charge is 0.0245 e. The predicted octanol–water partition coefficient (Wildman–Crippen LogP) is 8.09. The van der Waals surface area contributed by atoms with Gasteiger partial charge in [0.1, 0.15) is 0 Å². The van der Waals surface area contributed by atoms with Crippen molar-refractivity contribution in [2.24, 2.45) is 5.92 Å². The lowest BCUT2D eigenvalue weighted by molar-refractivity contribution is 0.384. The summed E-state index contributed by atoms with van der Waals surface area (Å²) in [5.41, 5.74) is 5.64. The molecule has 0 spiro atoms. The molecule has 1 aliphatic carbocycles. The van der Waals surface area contributed by atoms with Crippen LogP contribution in [0, 0.1) is 17.8 Å². The molecule has 0 aliphatic heterocycles. The number of hydrogen-bond donors (Lipinski definition) is 0. The van der Waals surface area contributed by atoms with Gasteiger partial charge in [0, 0.05) is 11.5 Å². The number of aryl methyl sites for hydroxylation is 2. The summed E-state index contributed by atoms with van der Waals surface area (Å²) >= 11 is 0. The monoisotopic (exact) mass is 386 g/mol. The van der Waals surface area contributed by atoms with E-state index < -0.39 is 0 Å². The van der Waals surface area contributed by atoms with E-state index in [1.54, 1.807) is 5.56 Å². The van der Waals surface area contributed by atoms with Gasteiger partial charge >= 0.3 is 0 Å². The van der Waals surface area contributed by atoms with Crippen LogP contribution in [0.15, 0.2) is 48.5 Å². The quantitative estimate of drug-likeness (QED) is 0.318. The third kappa shape index (κ3) is 7.08. The van der Waals surface area contributed by atoms with Crippen molar-refractivity contribution in [2.75, 3.05) is 0 Å². The van der Waals surface area contributed by atoms with E-state index in [1.807, 2.05) is 0 Å². The largest absolute Gasteiger partial charge is 0.0945 e. The fourth-order valence-electron chi connectivity index (χ4n) is 4.51. The Morgan fingerprint density at radius 2 is 1.34 bits per heavy atom. The van der Waals surface area contributed by atoms with Crippen LogP contribution < -0.4 is 0 Å². The number of rotatable bonds is 8. The summed E-state index contributed by atoms with van der Waals surface area (Å²) in [7, 11) is 0. The lowest BCUT2D eigenvalue weighted by Crippen LogP contribution is -2.12. The molecule has 0 amide bonds. The van der Waals surface area contributed by atoms with E-state index in [0.29, 0.717) is 5.92 Å². The first-order chi connectivity index (χ1) is 14.3. The average molecular weight is 387 g/mol. The van der Waals surface area contributed by atoms with Crippen LogP contribution in [0.1, 0.15) is 99.8 Å². The molecule has 0 heterocycles. The lowest BCUT2D eigenvalue weighted by atomic mass is 9.78. The summed E-state index contributed by atoms with van der Waals surface area (Å²) < 4.78 is 0. The summed E-state index contributed by atoms with van der Waals surface area (Å²) in [6, 6.07) is 18.4. The maximum Gasteiger partial charge on any atom is 0.0245 e. The first-order valence-electron chi connectivity index (χ1n) is 12.0. The molecule has 3 rings (SSSR count).